The largest absolute Gasteiger partial charge is 0.390 e. The van der Waals surface area contributed by atoms with Crippen LogP contribution in [0.4, 0.5) is 17.6 Å². The number of rotatable bonds is 3. The molecule has 1 rings (SSSR count). The van der Waals surface area contributed by atoms with Crippen LogP contribution < -0.4 is 5.32 Å². The maximum Gasteiger partial charge on any atom is 0.390 e. The lowest BCUT2D eigenvalue weighted by molar-refractivity contribution is -0.140. The summed E-state index contributed by atoms with van der Waals surface area (Å²) in [5, 5.41) is 2.48. The van der Waals surface area contributed by atoms with Gasteiger partial charge in [-0.25, -0.2) is 4.39 Å². The Morgan fingerprint density at radius 1 is 1.31 bits per heavy atom. The Morgan fingerprint density at radius 2 is 1.94 bits per heavy atom. The van der Waals surface area contributed by atoms with Gasteiger partial charge in [-0.2, -0.15) is 13.2 Å². The molecule has 0 fully saturated rings. The van der Waals surface area contributed by atoms with Gasteiger partial charge in [0.1, 0.15) is 5.82 Å². The van der Waals surface area contributed by atoms with Crippen LogP contribution in [0.5, 0.6) is 0 Å². The van der Waals surface area contributed by atoms with Crippen molar-refractivity contribution in [2.24, 2.45) is 0 Å². The van der Waals surface area contributed by atoms with Crippen LogP contribution in [0.15, 0.2) is 18.2 Å². The van der Waals surface area contributed by atoms with Crippen molar-refractivity contribution >= 4 is 0 Å². The molecule has 5 heteroatoms. The fraction of sp³-hybridized carbons (Fsp3) is 0.455. The minimum absolute atomic E-state index is 0.0554. The lowest BCUT2D eigenvalue weighted by Gasteiger charge is -2.19. The smallest absolute Gasteiger partial charge is 0.313 e. The van der Waals surface area contributed by atoms with Gasteiger partial charge in [-0.1, -0.05) is 17.7 Å². The molecule has 1 atom stereocenters. The van der Waals surface area contributed by atoms with Crippen LogP contribution in [0, 0.1) is 12.7 Å². The summed E-state index contributed by atoms with van der Waals surface area (Å²) in [4.78, 5) is 0. The van der Waals surface area contributed by atoms with Crippen LogP contribution in [0.25, 0.3) is 0 Å². The number of benzene rings is 1. The highest BCUT2D eigenvalue weighted by Crippen LogP contribution is 2.30. The van der Waals surface area contributed by atoms with Crippen LogP contribution in [0.3, 0.4) is 0 Å². The highest BCUT2D eigenvalue weighted by atomic mass is 19.4. The molecule has 0 aliphatic carbocycles. The van der Waals surface area contributed by atoms with E-state index in [1.165, 1.54) is 25.2 Å². The summed E-state index contributed by atoms with van der Waals surface area (Å²) in [7, 11) is 1.39. The van der Waals surface area contributed by atoms with Crippen LogP contribution in [0.2, 0.25) is 0 Å². The zero-order chi connectivity index (χ0) is 12.3. The summed E-state index contributed by atoms with van der Waals surface area (Å²) < 4.78 is 50.1. The van der Waals surface area contributed by atoms with Crippen molar-refractivity contribution in [2.45, 2.75) is 25.6 Å². The normalized spacial score (nSPS) is 13.9. The molecule has 0 amide bonds. The van der Waals surface area contributed by atoms with Gasteiger partial charge in [-0.05, 0) is 20.0 Å². The second-order valence-electron chi connectivity index (χ2n) is 3.69. The van der Waals surface area contributed by atoms with Gasteiger partial charge in [0.15, 0.2) is 0 Å². The Balaban J connectivity index is 2.99. The van der Waals surface area contributed by atoms with E-state index in [9.17, 15) is 17.6 Å². The first-order valence-electron chi connectivity index (χ1n) is 4.83. The second kappa shape index (κ2) is 4.82. The van der Waals surface area contributed by atoms with Gasteiger partial charge in [0.25, 0.3) is 0 Å². The van der Waals surface area contributed by atoms with Crippen molar-refractivity contribution in [3.63, 3.8) is 0 Å². The Labute approximate surface area is 91.5 Å². The maximum atomic E-state index is 13.4. The van der Waals surface area contributed by atoms with Crippen molar-refractivity contribution in [2.75, 3.05) is 7.05 Å². The van der Waals surface area contributed by atoms with Crippen LogP contribution in [-0.4, -0.2) is 13.2 Å². The molecule has 1 aromatic carbocycles. The first-order chi connectivity index (χ1) is 7.33. The first-order valence-corrected chi connectivity index (χ1v) is 4.83. The molecular weight excluding hydrogens is 222 g/mol. The average molecular weight is 235 g/mol. The number of halogens is 4. The lowest BCUT2D eigenvalue weighted by Crippen LogP contribution is -2.24. The molecule has 0 radical (unpaired) electrons. The van der Waals surface area contributed by atoms with Crippen LogP contribution in [-0.2, 0) is 0 Å². The highest BCUT2D eigenvalue weighted by molar-refractivity contribution is 5.27. The molecule has 1 nitrogen and oxygen atoms in total. The third-order valence-electron chi connectivity index (χ3n) is 2.31. The SMILES string of the molecule is CNC(CC(F)(F)F)c1cc(C)ccc1F. The molecular formula is C11H13F4N. The van der Waals surface area contributed by atoms with Gasteiger partial charge in [0, 0.05) is 11.6 Å². The summed E-state index contributed by atoms with van der Waals surface area (Å²) in [5.74, 6) is -0.616. The standard InChI is InChI=1S/C11H13F4N/c1-7-3-4-9(12)8(5-7)10(16-2)6-11(13,14)15/h3-5,10,16H,6H2,1-2H3. The number of alkyl halides is 3. The van der Waals surface area contributed by atoms with Gasteiger partial charge in [0.2, 0.25) is 0 Å². The van der Waals surface area contributed by atoms with Crippen molar-refractivity contribution in [1.29, 1.82) is 0 Å². The van der Waals surface area contributed by atoms with E-state index >= 15 is 0 Å². The molecule has 0 aliphatic rings. The monoisotopic (exact) mass is 235 g/mol. The van der Waals surface area contributed by atoms with E-state index in [4.69, 9.17) is 0 Å². The van der Waals surface area contributed by atoms with Crippen LogP contribution in [0.1, 0.15) is 23.6 Å². The Morgan fingerprint density at radius 3 is 2.44 bits per heavy atom. The summed E-state index contributed by atoms with van der Waals surface area (Å²) in [5.41, 5.74) is 0.790. The van der Waals surface area contributed by atoms with Gasteiger partial charge in [-0.3, -0.25) is 0 Å². The predicted molar refractivity (Wildman–Crippen MR) is 53.6 cm³/mol. The minimum atomic E-state index is -4.32. The third kappa shape index (κ3) is 3.48. The molecule has 16 heavy (non-hydrogen) atoms. The summed E-state index contributed by atoms with van der Waals surface area (Å²) in [6.07, 6.45) is -5.40. The number of nitrogens with one attached hydrogen (secondary N) is 1. The van der Waals surface area contributed by atoms with E-state index in [0.717, 1.165) is 5.56 Å². The third-order valence-corrected chi connectivity index (χ3v) is 2.31. The zero-order valence-electron chi connectivity index (χ0n) is 9.03. The molecule has 0 spiro atoms. The maximum absolute atomic E-state index is 13.4. The summed E-state index contributed by atoms with van der Waals surface area (Å²) >= 11 is 0. The van der Waals surface area contributed by atoms with Crippen molar-refractivity contribution in [1.82, 2.24) is 5.32 Å². The highest BCUT2D eigenvalue weighted by Gasteiger charge is 2.32. The Hall–Kier alpha value is -1.10. The summed E-state index contributed by atoms with van der Waals surface area (Å²) in [6, 6.07) is 3.10. The van der Waals surface area contributed by atoms with Crippen molar-refractivity contribution in [3.8, 4) is 0 Å². The second-order valence-corrected chi connectivity index (χ2v) is 3.69. The van der Waals surface area contributed by atoms with E-state index in [1.807, 2.05) is 0 Å². The molecule has 0 aliphatic heterocycles. The van der Waals surface area contributed by atoms with Gasteiger partial charge in [0.05, 0.1) is 6.42 Å². The van der Waals surface area contributed by atoms with Crippen LogP contribution >= 0.6 is 0 Å². The molecule has 0 aromatic heterocycles. The topological polar surface area (TPSA) is 12.0 Å². The van der Waals surface area contributed by atoms with E-state index in [2.05, 4.69) is 5.32 Å². The molecule has 0 bridgehead atoms. The molecule has 0 saturated carbocycles. The molecule has 1 N–H and O–H groups in total. The fourth-order valence-corrected chi connectivity index (χ4v) is 1.53. The van der Waals surface area contributed by atoms with E-state index in [0.29, 0.717) is 0 Å². The van der Waals surface area contributed by atoms with E-state index < -0.39 is 24.5 Å². The van der Waals surface area contributed by atoms with Crippen molar-refractivity contribution < 1.29 is 17.6 Å². The fourth-order valence-electron chi connectivity index (χ4n) is 1.53. The van der Waals surface area contributed by atoms with Crippen molar-refractivity contribution in [3.05, 3.63) is 35.1 Å². The molecule has 1 aromatic rings. The number of hydrogen-bond donors (Lipinski definition) is 1. The lowest BCUT2D eigenvalue weighted by atomic mass is 10.0. The number of aryl methyl sites for hydroxylation is 1. The molecule has 0 heterocycles. The quantitative estimate of drug-likeness (QED) is 0.792. The first kappa shape index (κ1) is 13.0. The van der Waals surface area contributed by atoms with E-state index in [1.54, 1.807) is 6.92 Å². The average Bonchev–Trinajstić information content (AvgIpc) is 2.17. The Kier molecular flexibility index (Phi) is 3.91. The number of hydrogen-bond acceptors (Lipinski definition) is 1. The zero-order valence-corrected chi connectivity index (χ0v) is 9.03. The molecule has 0 saturated heterocycles. The van der Waals surface area contributed by atoms with Gasteiger partial charge >= 0.3 is 6.18 Å². The molecule has 1 unspecified atom stereocenters. The summed E-state index contributed by atoms with van der Waals surface area (Å²) in [6.45, 7) is 1.71. The van der Waals surface area contributed by atoms with Gasteiger partial charge in [-0.15, -0.1) is 0 Å². The predicted octanol–water partition coefficient (Wildman–Crippen LogP) is 3.35. The Bertz CT molecular complexity index is 359. The van der Waals surface area contributed by atoms with Gasteiger partial charge < -0.3 is 5.32 Å². The molecule has 90 valence electrons. The van der Waals surface area contributed by atoms with E-state index in [-0.39, 0.29) is 5.56 Å². The minimum Gasteiger partial charge on any atom is -0.313 e.